The van der Waals surface area contributed by atoms with Gasteiger partial charge in [0.25, 0.3) is 0 Å². The van der Waals surface area contributed by atoms with Gasteiger partial charge in [0, 0.05) is 18.2 Å². The van der Waals surface area contributed by atoms with Gasteiger partial charge in [-0.25, -0.2) is 0 Å². The Morgan fingerprint density at radius 2 is 2.20 bits per heavy atom. The maximum Gasteiger partial charge on any atom is 0.137 e. The molecule has 1 aromatic heterocycles. The van der Waals surface area contributed by atoms with Crippen LogP contribution in [0.3, 0.4) is 0 Å². The predicted molar refractivity (Wildman–Crippen MR) is 59.7 cm³/mol. The molecule has 1 aliphatic rings. The Morgan fingerprint density at radius 3 is 2.80 bits per heavy atom. The number of ether oxygens (including phenoxy) is 1. The summed E-state index contributed by atoms with van der Waals surface area (Å²) < 4.78 is 5.74. The lowest BCUT2D eigenvalue weighted by molar-refractivity contribution is 0.156. The molecule has 0 radical (unpaired) electrons. The Bertz CT molecular complexity index is 294. The molecule has 1 aromatic rings. The van der Waals surface area contributed by atoms with Crippen LogP contribution in [0, 0.1) is 5.41 Å². The van der Waals surface area contributed by atoms with Crippen molar-refractivity contribution in [2.75, 3.05) is 13.2 Å². The fourth-order valence-electron chi connectivity index (χ4n) is 2.20. The first-order valence-corrected chi connectivity index (χ1v) is 5.58. The third-order valence-corrected chi connectivity index (χ3v) is 3.28. The number of pyridine rings is 1. The van der Waals surface area contributed by atoms with Crippen LogP contribution in [0.1, 0.15) is 25.7 Å². The Labute approximate surface area is 90.7 Å². The minimum Gasteiger partial charge on any atom is -0.491 e. The summed E-state index contributed by atoms with van der Waals surface area (Å²) in [5, 5.41) is 0. The van der Waals surface area contributed by atoms with Gasteiger partial charge in [0.15, 0.2) is 0 Å². The van der Waals surface area contributed by atoms with Crippen molar-refractivity contribution in [3.63, 3.8) is 0 Å². The van der Waals surface area contributed by atoms with Crippen LogP contribution < -0.4 is 10.5 Å². The molecule has 0 saturated heterocycles. The van der Waals surface area contributed by atoms with Crippen LogP contribution in [0.25, 0.3) is 0 Å². The molecule has 1 saturated carbocycles. The molecular weight excluding hydrogens is 188 g/mol. The molecule has 3 heteroatoms. The predicted octanol–water partition coefficient (Wildman–Crippen LogP) is 1.98. The van der Waals surface area contributed by atoms with E-state index < -0.39 is 0 Å². The highest BCUT2D eigenvalue weighted by atomic mass is 16.5. The number of hydrogen-bond donors (Lipinski definition) is 1. The molecule has 0 aromatic carbocycles. The molecule has 0 amide bonds. The van der Waals surface area contributed by atoms with Gasteiger partial charge in [-0.2, -0.15) is 0 Å². The molecule has 1 aliphatic carbocycles. The fraction of sp³-hybridized carbons (Fsp3) is 0.583. The summed E-state index contributed by atoms with van der Waals surface area (Å²) in [4.78, 5) is 4.02. The minimum atomic E-state index is 0.218. The van der Waals surface area contributed by atoms with Gasteiger partial charge in [-0.15, -0.1) is 0 Å². The number of nitrogens with two attached hydrogens (primary N) is 1. The highest BCUT2D eigenvalue weighted by Crippen LogP contribution is 2.37. The van der Waals surface area contributed by atoms with E-state index in [1.807, 2.05) is 12.1 Å². The summed E-state index contributed by atoms with van der Waals surface area (Å²) in [5.74, 6) is 0.845. The summed E-state index contributed by atoms with van der Waals surface area (Å²) in [6, 6.07) is 3.82. The number of aromatic nitrogens is 1. The molecule has 82 valence electrons. The van der Waals surface area contributed by atoms with Crippen LogP contribution in [0.5, 0.6) is 5.75 Å². The van der Waals surface area contributed by atoms with Crippen LogP contribution in [0.2, 0.25) is 0 Å². The lowest BCUT2D eigenvalue weighted by Gasteiger charge is -2.26. The van der Waals surface area contributed by atoms with Crippen LogP contribution in [0.15, 0.2) is 24.5 Å². The monoisotopic (exact) mass is 206 g/mol. The zero-order chi connectivity index (χ0) is 10.6. The third-order valence-electron chi connectivity index (χ3n) is 3.28. The van der Waals surface area contributed by atoms with E-state index in [0.29, 0.717) is 0 Å². The Hall–Kier alpha value is -1.09. The molecule has 0 unspecified atom stereocenters. The van der Waals surface area contributed by atoms with E-state index in [9.17, 15) is 0 Å². The summed E-state index contributed by atoms with van der Waals surface area (Å²) >= 11 is 0. The fourth-order valence-corrected chi connectivity index (χ4v) is 2.20. The molecule has 15 heavy (non-hydrogen) atoms. The van der Waals surface area contributed by atoms with E-state index in [2.05, 4.69) is 4.98 Å². The third kappa shape index (κ3) is 2.48. The summed E-state index contributed by atoms with van der Waals surface area (Å²) in [5.41, 5.74) is 6.06. The van der Waals surface area contributed by atoms with Crippen molar-refractivity contribution in [3.8, 4) is 5.75 Å². The quantitative estimate of drug-likeness (QED) is 0.819. The topological polar surface area (TPSA) is 48.1 Å². The summed E-state index contributed by atoms with van der Waals surface area (Å²) in [6.45, 7) is 1.46. The van der Waals surface area contributed by atoms with E-state index in [1.54, 1.807) is 12.4 Å². The number of nitrogens with zero attached hydrogens (tertiary/aromatic N) is 1. The van der Waals surface area contributed by atoms with Gasteiger partial charge in [0.05, 0.1) is 12.8 Å². The van der Waals surface area contributed by atoms with Crippen LogP contribution in [-0.4, -0.2) is 18.1 Å². The Morgan fingerprint density at radius 1 is 1.40 bits per heavy atom. The first kappa shape index (κ1) is 10.4. The van der Waals surface area contributed by atoms with E-state index in [1.165, 1.54) is 25.7 Å². The molecule has 2 N–H and O–H groups in total. The van der Waals surface area contributed by atoms with E-state index in [0.717, 1.165) is 18.9 Å². The van der Waals surface area contributed by atoms with Gasteiger partial charge < -0.3 is 10.5 Å². The van der Waals surface area contributed by atoms with Crippen molar-refractivity contribution in [2.45, 2.75) is 25.7 Å². The van der Waals surface area contributed by atoms with Crippen LogP contribution in [0.4, 0.5) is 0 Å². The van der Waals surface area contributed by atoms with E-state index >= 15 is 0 Å². The molecule has 0 bridgehead atoms. The maximum atomic E-state index is 5.84. The van der Waals surface area contributed by atoms with E-state index in [4.69, 9.17) is 10.5 Å². The minimum absolute atomic E-state index is 0.218. The lowest BCUT2D eigenvalue weighted by Crippen LogP contribution is -2.33. The van der Waals surface area contributed by atoms with Crippen molar-refractivity contribution in [3.05, 3.63) is 24.5 Å². The van der Waals surface area contributed by atoms with Gasteiger partial charge in [0.1, 0.15) is 5.75 Å². The largest absolute Gasteiger partial charge is 0.491 e. The molecular formula is C12H18N2O. The average molecular weight is 206 g/mol. The van der Waals surface area contributed by atoms with Gasteiger partial charge in [-0.3, -0.25) is 4.98 Å². The highest BCUT2D eigenvalue weighted by molar-refractivity contribution is 5.15. The normalized spacial score (nSPS) is 19.0. The zero-order valence-corrected chi connectivity index (χ0v) is 8.98. The summed E-state index contributed by atoms with van der Waals surface area (Å²) in [6.07, 6.45) is 8.47. The van der Waals surface area contributed by atoms with Crippen LogP contribution in [-0.2, 0) is 0 Å². The van der Waals surface area contributed by atoms with Gasteiger partial charge in [0.2, 0.25) is 0 Å². The Kier molecular flexibility index (Phi) is 3.21. The molecule has 0 aliphatic heterocycles. The number of rotatable bonds is 4. The maximum absolute atomic E-state index is 5.84. The van der Waals surface area contributed by atoms with Gasteiger partial charge >= 0.3 is 0 Å². The standard InChI is InChI=1S/C12H18N2O/c13-9-12(5-1-2-6-12)10-15-11-4-3-7-14-8-11/h3-4,7-8H,1-2,5-6,9-10,13H2. The number of hydrogen-bond acceptors (Lipinski definition) is 3. The second-order valence-corrected chi connectivity index (χ2v) is 4.39. The SMILES string of the molecule is NCC1(COc2cccnc2)CCCC1. The van der Waals surface area contributed by atoms with Crippen molar-refractivity contribution < 1.29 is 4.74 Å². The molecule has 2 rings (SSSR count). The van der Waals surface area contributed by atoms with Crippen molar-refractivity contribution in [1.29, 1.82) is 0 Å². The van der Waals surface area contributed by atoms with Gasteiger partial charge in [-0.1, -0.05) is 12.8 Å². The molecule has 1 heterocycles. The summed E-state index contributed by atoms with van der Waals surface area (Å²) in [7, 11) is 0. The first-order valence-electron chi connectivity index (χ1n) is 5.58. The van der Waals surface area contributed by atoms with Crippen molar-refractivity contribution >= 4 is 0 Å². The molecule has 3 nitrogen and oxygen atoms in total. The molecule has 0 atom stereocenters. The van der Waals surface area contributed by atoms with E-state index in [-0.39, 0.29) is 5.41 Å². The second-order valence-electron chi connectivity index (χ2n) is 4.39. The molecule has 1 fully saturated rings. The smallest absolute Gasteiger partial charge is 0.137 e. The second kappa shape index (κ2) is 4.62. The highest BCUT2D eigenvalue weighted by Gasteiger charge is 2.33. The van der Waals surface area contributed by atoms with Crippen molar-refractivity contribution in [2.24, 2.45) is 11.1 Å². The first-order chi connectivity index (χ1) is 7.35. The van der Waals surface area contributed by atoms with Gasteiger partial charge in [-0.05, 0) is 25.0 Å². The average Bonchev–Trinajstić information content (AvgIpc) is 2.77. The lowest BCUT2D eigenvalue weighted by atomic mass is 9.87. The van der Waals surface area contributed by atoms with Crippen molar-refractivity contribution in [1.82, 2.24) is 4.98 Å². The Balaban J connectivity index is 1.92. The van der Waals surface area contributed by atoms with Crippen LogP contribution >= 0.6 is 0 Å². The molecule has 0 spiro atoms. The zero-order valence-electron chi connectivity index (χ0n) is 8.98.